The number of carbonyl (C=O) groups excluding carboxylic acids is 1. The second kappa shape index (κ2) is 7.70. The molecule has 6 heteroatoms. The number of ether oxygens (including phenoxy) is 1. The van der Waals surface area contributed by atoms with Crippen molar-refractivity contribution in [1.29, 1.82) is 0 Å². The molecule has 0 unspecified atom stereocenters. The fourth-order valence-corrected chi connectivity index (χ4v) is 2.05. The minimum absolute atomic E-state index is 0.00684. The van der Waals surface area contributed by atoms with Crippen molar-refractivity contribution in [3.63, 3.8) is 0 Å². The van der Waals surface area contributed by atoms with Gasteiger partial charge >= 0.3 is 0 Å². The number of carbonyl (C=O) groups is 1. The van der Waals surface area contributed by atoms with Crippen LogP contribution in [0.1, 0.15) is 31.9 Å². The predicted octanol–water partition coefficient (Wildman–Crippen LogP) is 2.92. The van der Waals surface area contributed by atoms with E-state index in [0.29, 0.717) is 11.3 Å². The Balaban J connectivity index is 1.84. The molecule has 0 saturated heterocycles. The minimum Gasteiger partial charge on any atom is -0.508 e. The van der Waals surface area contributed by atoms with Crippen LogP contribution in [0.3, 0.4) is 0 Å². The Morgan fingerprint density at radius 1 is 1.16 bits per heavy atom. The highest BCUT2D eigenvalue weighted by molar-refractivity contribution is 5.85. The van der Waals surface area contributed by atoms with E-state index in [4.69, 9.17) is 4.74 Å². The Kier molecular flexibility index (Phi) is 5.64. The highest BCUT2D eigenvalue weighted by atomic mass is 16.5. The first-order valence-electron chi connectivity index (χ1n) is 7.83. The molecule has 0 saturated carbocycles. The normalized spacial score (nSPS) is 11.5. The quantitative estimate of drug-likeness (QED) is 0.443. The lowest BCUT2D eigenvalue weighted by Crippen LogP contribution is -2.24. The molecule has 0 aliphatic carbocycles. The molecular weight excluding hydrogens is 320 g/mol. The van der Waals surface area contributed by atoms with Crippen molar-refractivity contribution in [2.45, 2.75) is 26.2 Å². The summed E-state index contributed by atoms with van der Waals surface area (Å²) in [5.41, 5.74) is 3.83. The average Bonchev–Trinajstić information content (AvgIpc) is 2.56. The van der Waals surface area contributed by atoms with Crippen LogP contribution < -0.4 is 10.2 Å². The van der Waals surface area contributed by atoms with E-state index in [1.54, 1.807) is 0 Å². The van der Waals surface area contributed by atoms with Crippen LogP contribution in [0.25, 0.3) is 0 Å². The van der Waals surface area contributed by atoms with Gasteiger partial charge in [-0.2, -0.15) is 5.10 Å². The summed E-state index contributed by atoms with van der Waals surface area (Å²) in [5, 5.41) is 22.7. The fraction of sp³-hybridized carbons (Fsp3) is 0.263. The van der Waals surface area contributed by atoms with Crippen LogP contribution in [0, 0.1) is 0 Å². The second-order valence-corrected chi connectivity index (χ2v) is 6.60. The predicted molar refractivity (Wildman–Crippen MR) is 96.1 cm³/mol. The molecule has 0 atom stereocenters. The van der Waals surface area contributed by atoms with E-state index in [1.165, 1.54) is 30.0 Å². The van der Waals surface area contributed by atoms with E-state index in [-0.39, 0.29) is 23.5 Å². The third-order valence-electron chi connectivity index (χ3n) is 3.49. The molecule has 132 valence electrons. The highest BCUT2D eigenvalue weighted by Gasteiger charge is 2.13. The summed E-state index contributed by atoms with van der Waals surface area (Å²) in [4.78, 5) is 11.7. The Labute approximate surface area is 146 Å². The number of hydrogen-bond donors (Lipinski definition) is 3. The van der Waals surface area contributed by atoms with Crippen LogP contribution in [-0.2, 0) is 10.2 Å². The first-order chi connectivity index (χ1) is 11.8. The number of amides is 1. The minimum atomic E-state index is -0.434. The number of aromatic hydroxyl groups is 2. The summed E-state index contributed by atoms with van der Waals surface area (Å²) < 4.78 is 5.41. The summed E-state index contributed by atoms with van der Waals surface area (Å²) in [6.45, 7) is 6.19. The standard InChI is InChI=1S/C19H22N2O4/c1-19(2,3)14-4-7-16(8-5-14)25-12-18(24)21-20-11-13-10-15(22)6-9-17(13)23/h4-11,22-23H,12H2,1-3H3,(H,21,24)/b20-11-. The van der Waals surface area contributed by atoms with Crippen LogP contribution in [0.15, 0.2) is 47.6 Å². The average molecular weight is 342 g/mol. The third-order valence-corrected chi connectivity index (χ3v) is 3.49. The molecular formula is C19H22N2O4. The van der Waals surface area contributed by atoms with Gasteiger partial charge in [-0.3, -0.25) is 4.79 Å². The van der Waals surface area contributed by atoms with E-state index >= 15 is 0 Å². The van der Waals surface area contributed by atoms with E-state index < -0.39 is 5.91 Å². The maximum Gasteiger partial charge on any atom is 0.277 e. The Hall–Kier alpha value is -3.02. The molecule has 0 spiro atoms. The van der Waals surface area contributed by atoms with Crippen molar-refractivity contribution in [3.05, 3.63) is 53.6 Å². The van der Waals surface area contributed by atoms with Crippen molar-refractivity contribution in [1.82, 2.24) is 5.43 Å². The lowest BCUT2D eigenvalue weighted by atomic mass is 9.87. The zero-order valence-electron chi connectivity index (χ0n) is 14.5. The van der Waals surface area contributed by atoms with Gasteiger partial charge in [-0.05, 0) is 41.3 Å². The Bertz CT molecular complexity index is 762. The van der Waals surface area contributed by atoms with Gasteiger partial charge in [0.2, 0.25) is 0 Å². The molecule has 0 radical (unpaired) electrons. The lowest BCUT2D eigenvalue weighted by Gasteiger charge is -2.19. The van der Waals surface area contributed by atoms with E-state index in [0.717, 1.165) is 0 Å². The van der Waals surface area contributed by atoms with Crippen LogP contribution >= 0.6 is 0 Å². The van der Waals surface area contributed by atoms with Crippen molar-refractivity contribution >= 4 is 12.1 Å². The van der Waals surface area contributed by atoms with Gasteiger partial charge in [0.05, 0.1) is 6.21 Å². The van der Waals surface area contributed by atoms with E-state index in [2.05, 4.69) is 31.3 Å². The number of benzene rings is 2. The molecule has 2 rings (SSSR count). The molecule has 2 aromatic rings. The number of hydrogen-bond acceptors (Lipinski definition) is 5. The van der Waals surface area contributed by atoms with Gasteiger partial charge in [0.25, 0.3) is 5.91 Å². The summed E-state index contributed by atoms with van der Waals surface area (Å²) in [6.07, 6.45) is 1.24. The first-order valence-corrected chi connectivity index (χ1v) is 7.83. The van der Waals surface area contributed by atoms with Crippen molar-refractivity contribution in [3.8, 4) is 17.2 Å². The summed E-state index contributed by atoms with van der Waals surface area (Å²) in [7, 11) is 0. The monoisotopic (exact) mass is 342 g/mol. The van der Waals surface area contributed by atoms with Crippen molar-refractivity contribution in [2.75, 3.05) is 6.61 Å². The second-order valence-electron chi connectivity index (χ2n) is 6.60. The van der Waals surface area contributed by atoms with Gasteiger partial charge in [-0.25, -0.2) is 5.43 Å². The van der Waals surface area contributed by atoms with Gasteiger partial charge in [0.1, 0.15) is 17.2 Å². The number of nitrogens with zero attached hydrogens (tertiary/aromatic N) is 1. The first kappa shape index (κ1) is 18.3. The molecule has 25 heavy (non-hydrogen) atoms. The molecule has 0 aromatic heterocycles. The summed E-state index contributed by atoms with van der Waals surface area (Å²) in [6, 6.07) is 11.6. The Morgan fingerprint density at radius 3 is 2.48 bits per heavy atom. The van der Waals surface area contributed by atoms with Crippen LogP contribution in [0.2, 0.25) is 0 Å². The largest absolute Gasteiger partial charge is 0.508 e. The van der Waals surface area contributed by atoms with Gasteiger partial charge in [-0.15, -0.1) is 0 Å². The number of rotatable bonds is 5. The molecule has 3 N–H and O–H groups in total. The number of nitrogens with one attached hydrogen (secondary N) is 1. The molecule has 0 fully saturated rings. The molecule has 2 aromatic carbocycles. The third kappa shape index (κ3) is 5.53. The molecule has 0 aliphatic rings. The topological polar surface area (TPSA) is 91.2 Å². The van der Waals surface area contributed by atoms with Gasteiger partial charge < -0.3 is 14.9 Å². The number of hydrazone groups is 1. The lowest BCUT2D eigenvalue weighted by molar-refractivity contribution is -0.123. The number of phenols is 2. The van der Waals surface area contributed by atoms with Gasteiger partial charge in [-0.1, -0.05) is 32.9 Å². The SMILES string of the molecule is CC(C)(C)c1ccc(OCC(=O)N/N=C\c2cc(O)ccc2O)cc1. The van der Waals surface area contributed by atoms with Gasteiger partial charge in [0, 0.05) is 5.56 Å². The molecule has 6 nitrogen and oxygen atoms in total. The molecule has 0 bridgehead atoms. The van der Waals surface area contributed by atoms with Crippen LogP contribution in [0.4, 0.5) is 0 Å². The van der Waals surface area contributed by atoms with E-state index in [1.807, 2.05) is 24.3 Å². The molecule has 0 aliphatic heterocycles. The van der Waals surface area contributed by atoms with E-state index in [9.17, 15) is 15.0 Å². The van der Waals surface area contributed by atoms with Gasteiger partial charge in [0.15, 0.2) is 6.61 Å². The molecule has 0 heterocycles. The summed E-state index contributed by atoms with van der Waals surface area (Å²) >= 11 is 0. The highest BCUT2D eigenvalue weighted by Crippen LogP contribution is 2.24. The van der Waals surface area contributed by atoms with Crippen LogP contribution in [0.5, 0.6) is 17.2 Å². The smallest absolute Gasteiger partial charge is 0.277 e. The maximum atomic E-state index is 11.7. The van der Waals surface area contributed by atoms with Crippen molar-refractivity contribution in [2.24, 2.45) is 5.10 Å². The molecule has 1 amide bonds. The van der Waals surface area contributed by atoms with Crippen LogP contribution in [-0.4, -0.2) is 28.9 Å². The zero-order valence-corrected chi connectivity index (χ0v) is 14.5. The van der Waals surface area contributed by atoms with Crippen molar-refractivity contribution < 1.29 is 19.7 Å². The maximum absolute atomic E-state index is 11.7. The summed E-state index contributed by atoms with van der Waals surface area (Å²) in [5.74, 6) is 0.104. The Morgan fingerprint density at radius 2 is 1.84 bits per heavy atom. The fourth-order valence-electron chi connectivity index (χ4n) is 2.05. The zero-order chi connectivity index (χ0) is 18.4. The number of phenolic OH excluding ortho intramolecular Hbond substituents is 2.